The summed E-state index contributed by atoms with van der Waals surface area (Å²) in [6, 6.07) is 18.1. The Morgan fingerprint density at radius 1 is 0.795 bits per heavy atom. The van der Waals surface area contributed by atoms with Crippen LogP contribution >= 0.6 is 0 Å². The Labute approximate surface area is 257 Å². The summed E-state index contributed by atoms with van der Waals surface area (Å²) in [5, 5.41) is 0. The molecular formula is C35H40O9. The van der Waals surface area contributed by atoms with Gasteiger partial charge in [0.25, 0.3) is 0 Å². The third-order valence-corrected chi connectivity index (χ3v) is 9.66. The van der Waals surface area contributed by atoms with Gasteiger partial charge in [-0.3, -0.25) is 9.59 Å². The van der Waals surface area contributed by atoms with Gasteiger partial charge in [0.05, 0.1) is 16.6 Å². The molecule has 0 amide bonds. The van der Waals surface area contributed by atoms with Crippen LogP contribution in [0.4, 0.5) is 0 Å². The van der Waals surface area contributed by atoms with E-state index in [1.165, 1.54) is 19.9 Å². The van der Waals surface area contributed by atoms with Gasteiger partial charge in [-0.1, -0.05) is 55.5 Å². The molecule has 3 fully saturated rings. The third-order valence-electron chi connectivity index (χ3n) is 9.66. The van der Waals surface area contributed by atoms with Gasteiger partial charge in [-0.2, -0.15) is 0 Å². The van der Waals surface area contributed by atoms with Crippen molar-refractivity contribution in [1.29, 1.82) is 0 Å². The number of esters is 4. The highest BCUT2D eigenvalue weighted by Crippen LogP contribution is 2.68. The maximum Gasteiger partial charge on any atom is 0.338 e. The van der Waals surface area contributed by atoms with Crippen LogP contribution in [0.3, 0.4) is 0 Å². The molecule has 3 aliphatic rings. The summed E-state index contributed by atoms with van der Waals surface area (Å²) >= 11 is 0. The number of benzene rings is 2. The van der Waals surface area contributed by atoms with E-state index in [4.69, 9.17) is 23.7 Å². The Morgan fingerprint density at radius 2 is 1.41 bits per heavy atom. The molecule has 8 atom stereocenters. The minimum Gasteiger partial charge on any atom is -0.459 e. The lowest BCUT2D eigenvalue weighted by atomic mass is 9.48. The van der Waals surface area contributed by atoms with Crippen LogP contribution in [0.25, 0.3) is 6.08 Å². The van der Waals surface area contributed by atoms with Crippen LogP contribution in [-0.2, 0) is 38.1 Å². The van der Waals surface area contributed by atoms with Gasteiger partial charge in [0.15, 0.2) is 6.10 Å². The van der Waals surface area contributed by atoms with Crippen molar-refractivity contribution in [2.24, 2.45) is 17.3 Å². The average molecular weight is 605 g/mol. The van der Waals surface area contributed by atoms with Gasteiger partial charge in [0.2, 0.25) is 0 Å². The third kappa shape index (κ3) is 5.42. The second-order valence-electron chi connectivity index (χ2n) is 12.8. The van der Waals surface area contributed by atoms with Crippen molar-refractivity contribution in [2.75, 3.05) is 0 Å². The molecule has 234 valence electrons. The SMILES string of the molecule is CC(=O)O[C@@H]1C[C@H](C)[C@@]23OC(C)(C)[C@H](C[C@@H](OC(=O)C=Cc4ccccc4)[C@@]2(C)[C@H]1OC(C)=O)[C@H]3OC(=O)c1ccccc1. The molecule has 2 saturated carbocycles. The normalized spacial score (nSPS) is 33.6. The Kier molecular flexibility index (Phi) is 8.46. The molecule has 2 aromatic carbocycles. The quantitative estimate of drug-likeness (QED) is 0.236. The van der Waals surface area contributed by atoms with Crippen molar-refractivity contribution in [3.8, 4) is 0 Å². The van der Waals surface area contributed by atoms with Crippen molar-refractivity contribution in [3.05, 3.63) is 77.9 Å². The van der Waals surface area contributed by atoms with Crippen LogP contribution < -0.4 is 0 Å². The standard InChI is InChI=1S/C35H40O9/c1-21-19-27(40-22(2)36)31(41-23(3)37)34(6)28(42-29(38)18-17-24-13-9-7-10-14-24)20-26-30(35(21,34)44-33(26,4)5)43-32(39)25-15-11-8-12-16-25/h7-18,21,26-28,30-31H,19-20H2,1-6H3/t21-,26+,27+,28+,30+,31-,34-,35-/m0/s1. The van der Waals surface area contributed by atoms with Gasteiger partial charge >= 0.3 is 23.9 Å². The van der Waals surface area contributed by atoms with E-state index in [1.54, 1.807) is 30.3 Å². The second-order valence-corrected chi connectivity index (χ2v) is 12.8. The fourth-order valence-corrected chi connectivity index (χ4v) is 7.84. The van der Waals surface area contributed by atoms with Gasteiger partial charge in [0.1, 0.15) is 23.9 Å². The van der Waals surface area contributed by atoms with E-state index >= 15 is 0 Å². The van der Waals surface area contributed by atoms with Crippen LogP contribution in [0.1, 0.15) is 70.3 Å². The van der Waals surface area contributed by atoms with Crippen molar-refractivity contribution < 1.29 is 42.9 Å². The van der Waals surface area contributed by atoms with Gasteiger partial charge in [-0.05, 0) is 63.3 Å². The fourth-order valence-electron chi connectivity index (χ4n) is 7.84. The van der Waals surface area contributed by atoms with Crippen molar-refractivity contribution >= 4 is 30.0 Å². The van der Waals surface area contributed by atoms with E-state index < -0.39 is 64.9 Å². The van der Waals surface area contributed by atoms with Crippen molar-refractivity contribution in [1.82, 2.24) is 0 Å². The van der Waals surface area contributed by atoms with Crippen LogP contribution in [-0.4, -0.2) is 59.5 Å². The molecule has 1 spiro atoms. The van der Waals surface area contributed by atoms with E-state index in [2.05, 4.69) is 0 Å². The molecule has 2 aliphatic carbocycles. The lowest BCUT2D eigenvalue weighted by Gasteiger charge is -2.62. The zero-order valence-corrected chi connectivity index (χ0v) is 26.0. The first-order chi connectivity index (χ1) is 20.8. The first-order valence-electron chi connectivity index (χ1n) is 15.0. The lowest BCUT2D eigenvalue weighted by molar-refractivity contribution is -0.304. The molecule has 1 aliphatic heterocycles. The van der Waals surface area contributed by atoms with Gasteiger partial charge in [0, 0.05) is 25.8 Å². The Balaban J connectivity index is 1.61. The number of carbonyl (C=O) groups is 4. The number of hydrogen-bond acceptors (Lipinski definition) is 9. The highest BCUT2D eigenvalue weighted by atomic mass is 16.6. The fraction of sp³-hybridized carbons (Fsp3) is 0.486. The lowest BCUT2D eigenvalue weighted by Crippen LogP contribution is -2.76. The number of hydrogen-bond donors (Lipinski definition) is 0. The van der Waals surface area contributed by atoms with Crippen LogP contribution in [0.5, 0.6) is 0 Å². The largest absolute Gasteiger partial charge is 0.459 e. The Hall–Kier alpha value is -3.98. The van der Waals surface area contributed by atoms with Gasteiger partial charge < -0.3 is 23.7 Å². The van der Waals surface area contributed by atoms with Crippen molar-refractivity contribution in [3.63, 3.8) is 0 Å². The molecule has 0 N–H and O–H groups in total. The molecule has 0 unspecified atom stereocenters. The maximum atomic E-state index is 13.5. The smallest absolute Gasteiger partial charge is 0.338 e. The highest BCUT2D eigenvalue weighted by Gasteiger charge is 2.80. The monoisotopic (exact) mass is 604 g/mol. The summed E-state index contributed by atoms with van der Waals surface area (Å²) in [4.78, 5) is 51.8. The van der Waals surface area contributed by atoms with E-state index in [0.717, 1.165) is 5.56 Å². The first kappa shape index (κ1) is 31.4. The summed E-state index contributed by atoms with van der Waals surface area (Å²) in [7, 11) is 0. The molecule has 2 aromatic rings. The minimum atomic E-state index is -1.29. The predicted octanol–water partition coefficient (Wildman–Crippen LogP) is 5.31. The van der Waals surface area contributed by atoms with Crippen LogP contribution in [0, 0.1) is 17.3 Å². The molecule has 9 nitrogen and oxygen atoms in total. The average Bonchev–Trinajstić information content (AvgIpc) is 3.15. The van der Waals surface area contributed by atoms with E-state index in [9.17, 15) is 19.2 Å². The number of fused-ring (bicyclic) bond motifs is 1. The summed E-state index contributed by atoms with van der Waals surface area (Å²) in [6.07, 6.45) is -0.00419. The summed E-state index contributed by atoms with van der Waals surface area (Å²) in [6.45, 7) is 10.2. The molecule has 0 radical (unpaired) electrons. The van der Waals surface area contributed by atoms with E-state index in [0.29, 0.717) is 5.56 Å². The summed E-state index contributed by atoms with van der Waals surface area (Å²) in [5.74, 6) is -2.97. The molecular weight excluding hydrogens is 564 g/mol. The van der Waals surface area contributed by atoms with Gasteiger partial charge in [-0.15, -0.1) is 0 Å². The topological polar surface area (TPSA) is 114 Å². The van der Waals surface area contributed by atoms with Crippen LogP contribution in [0.15, 0.2) is 66.7 Å². The maximum absolute atomic E-state index is 13.5. The molecule has 5 rings (SSSR count). The number of carbonyl (C=O) groups excluding carboxylic acids is 4. The highest BCUT2D eigenvalue weighted by molar-refractivity contribution is 5.89. The number of ether oxygens (including phenoxy) is 5. The molecule has 1 saturated heterocycles. The zero-order chi connectivity index (χ0) is 31.9. The Morgan fingerprint density at radius 3 is 2.02 bits per heavy atom. The number of rotatable bonds is 7. The molecule has 0 aromatic heterocycles. The predicted molar refractivity (Wildman–Crippen MR) is 160 cm³/mol. The molecule has 9 heteroatoms. The molecule has 2 bridgehead atoms. The first-order valence-corrected chi connectivity index (χ1v) is 15.0. The van der Waals surface area contributed by atoms with Crippen molar-refractivity contribution in [2.45, 2.75) is 90.0 Å². The van der Waals surface area contributed by atoms with E-state index in [-0.39, 0.29) is 24.7 Å². The second kappa shape index (κ2) is 11.8. The minimum absolute atomic E-state index is 0.250. The Bertz CT molecular complexity index is 1430. The molecule has 44 heavy (non-hydrogen) atoms. The van der Waals surface area contributed by atoms with E-state index in [1.807, 2.05) is 64.1 Å². The molecule has 1 heterocycles. The summed E-state index contributed by atoms with van der Waals surface area (Å²) < 4.78 is 31.3. The zero-order valence-electron chi connectivity index (χ0n) is 26.0. The van der Waals surface area contributed by atoms with Gasteiger partial charge in [-0.25, -0.2) is 9.59 Å². The van der Waals surface area contributed by atoms with Crippen LogP contribution in [0.2, 0.25) is 0 Å². The summed E-state index contributed by atoms with van der Waals surface area (Å²) in [5.41, 5.74) is -2.16.